The minimum atomic E-state index is -0.185. The fourth-order valence-electron chi connectivity index (χ4n) is 2.93. The van der Waals surface area contributed by atoms with Crippen molar-refractivity contribution in [3.8, 4) is 11.3 Å². The van der Waals surface area contributed by atoms with E-state index in [0.717, 1.165) is 11.3 Å². The average molecular weight is 286 g/mol. The molecule has 0 N–H and O–H groups in total. The molecular formula is C16H18N2O3. The highest BCUT2D eigenvalue weighted by molar-refractivity contribution is 5.72. The molecule has 21 heavy (non-hydrogen) atoms. The van der Waals surface area contributed by atoms with Crippen LogP contribution in [-0.2, 0) is 22.6 Å². The first-order chi connectivity index (χ1) is 10.2. The Kier molecular flexibility index (Phi) is 3.64. The van der Waals surface area contributed by atoms with Crippen LogP contribution in [-0.4, -0.2) is 22.4 Å². The van der Waals surface area contributed by atoms with Crippen molar-refractivity contribution in [2.45, 2.75) is 25.9 Å². The van der Waals surface area contributed by atoms with Gasteiger partial charge >= 0.3 is 5.97 Å². The molecule has 0 saturated carbocycles. The van der Waals surface area contributed by atoms with E-state index in [2.05, 4.69) is 0 Å². The molecule has 1 aromatic heterocycles. The maximum Gasteiger partial charge on any atom is 0.308 e. The van der Waals surface area contributed by atoms with Crippen molar-refractivity contribution < 1.29 is 9.53 Å². The van der Waals surface area contributed by atoms with E-state index in [1.807, 2.05) is 35.0 Å². The minimum Gasteiger partial charge on any atom is -0.469 e. The van der Waals surface area contributed by atoms with Crippen molar-refractivity contribution in [2.24, 2.45) is 5.92 Å². The van der Waals surface area contributed by atoms with Crippen LogP contribution >= 0.6 is 0 Å². The first kappa shape index (κ1) is 13.7. The Balaban J connectivity index is 1.97. The van der Waals surface area contributed by atoms with Gasteiger partial charge < -0.3 is 4.74 Å². The topological polar surface area (TPSA) is 53.2 Å². The number of rotatable bonds is 2. The molecule has 1 atom stereocenters. The summed E-state index contributed by atoms with van der Waals surface area (Å²) in [5.41, 5.74) is 1.91. The number of carbonyl (C=O) groups is 1. The maximum atomic E-state index is 12.2. The van der Waals surface area contributed by atoms with Gasteiger partial charge in [0.25, 0.3) is 5.56 Å². The predicted octanol–water partition coefficient (Wildman–Crippen LogP) is 1.90. The molecule has 0 radical (unpaired) electrons. The first-order valence-corrected chi connectivity index (χ1v) is 7.14. The molecule has 0 amide bonds. The molecule has 110 valence electrons. The zero-order valence-corrected chi connectivity index (χ0v) is 12.0. The molecule has 1 unspecified atom stereocenters. The highest BCUT2D eigenvalue weighted by Crippen LogP contribution is 2.23. The van der Waals surface area contributed by atoms with Gasteiger partial charge in [-0.3, -0.25) is 19.0 Å². The summed E-state index contributed by atoms with van der Waals surface area (Å²) in [7, 11) is 1.41. The number of hydrogen-bond acceptors (Lipinski definition) is 3. The third-order valence-corrected chi connectivity index (χ3v) is 4.07. The van der Waals surface area contributed by atoms with Crippen LogP contribution in [0.2, 0.25) is 0 Å². The predicted molar refractivity (Wildman–Crippen MR) is 78.9 cm³/mol. The number of nitrogens with zero attached hydrogens (tertiary/aromatic N) is 2. The lowest BCUT2D eigenvalue weighted by atomic mass is 10.0. The summed E-state index contributed by atoms with van der Waals surface area (Å²) in [5.74, 6) is -0.319. The highest BCUT2D eigenvalue weighted by atomic mass is 16.5. The van der Waals surface area contributed by atoms with Crippen molar-refractivity contribution in [3.63, 3.8) is 0 Å². The summed E-state index contributed by atoms with van der Waals surface area (Å²) in [6.07, 6.45) is 1.34. The van der Waals surface area contributed by atoms with Crippen molar-refractivity contribution in [2.75, 3.05) is 7.11 Å². The SMILES string of the molecule is COC(=O)C1CCn2c(-c3ccccc3)cc(=O)n2CC1. The van der Waals surface area contributed by atoms with Crippen LogP contribution in [0, 0.1) is 5.92 Å². The number of esters is 1. The molecule has 3 rings (SSSR count). The number of aromatic nitrogens is 2. The average Bonchev–Trinajstić information content (AvgIpc) is 2.71. The van der Waals surface area contributed by atoms with E-state index in [4.69, 9.17) is 4.74 Å². The second-order valence-electron chi connectivity index (χ2n) is 5.28. The lowest BCUT2D eigenvalue weighted by Crippen LogP contribution is -2.22. The molecule has 0 spiro atoms. The Bertz CT molecular complexity index is 700. The summed E-state index contributed by atoms with van der Waals surface area (Å²) in [6, 6.07) is 11.5. The molecule has 0 bridgehead atoms. The molecule has 1 aliphatic rings. The fourth-order valence-corrected chi connectivity index (χ4v) is 2.93. The van der Waals surface area contributed by atoms with Gasteiger partial charge in [0.1, 0.15) is 0 Å². The number of benzene rings is 1. The van der Waals surface area contributed by atoms with E-state index in [9.17, 15) is 9.59 Å². The van der Waals surface area contributed by atoms with Crippen molar-refractivity contribution >= 4 is 5.97 Å². The number of carbonyl (C=O) groups excluding carboxylic acids is 1. The lowest BCUT2D eigenvalue weighted by Gasteiger charge is -2.11. The van der Waals surface area contributed by atoms with Crippen molar-refractivity contribution in [1.29, 1.82) is 0 Å². The van der Waals surface area contributed by atoms with Crippen LogP contribution in [0.4, 0.5) is 0 Å². The Hall–Kier alpha value is -2.30. The fraction of sp³-hybridized carbons (Fsp3) is 0.375. The molecule has 0 aliphatic carbocycles. The summed E-state index contributed by atoms with van der Waals surface area (Å²) in [5, 5.41) is 0. The second kappa shape index (κ2) is 5.60. The third-order valence-electron chi connectivity index (χ3n) is 4.07. The van der Waals surface area contributed by atoms with Gasteiger partial charge in [0.2, 0.25) is 0 Å². The standard InChI is InChI=1S/C16H18N2O3/c1-21-16(20)13-7-9-17-14(12-5-3-2-4-6-12)11-15(19)18(17)10-8-13/h2-6,11,13H,7-10H2,1H3. The first-order valence-electron chi connectivity index (χ1n) is 7.14. The number of fused-ring (bicyclic) bond motifs is 1. The summed E-state index contributed by atoms with van der Waals surface area (Å²) in [4.78, 5) is 23.9. The largest absolute Gasteiger partial charge is 0.469 e. The molecule has 5 nitrogen and oxygen atoms in total. The van der Waals surface area contributed by atoms with Crippen LogP contribution in [0.5, 0.6) is 0 Å². The molecule has 0 saturated heterocycles. The van der Waals surface area contributed by atoms with Crippen LogP contribution < -0.4 is 5.56 Å². The third kappa shape index (κ3) is 2.51. The smallest absolute Gasteiger partial charge is 0.308 e. The summed E-state index contributed by atoms with van der Waals surface area (Å²) >= 11 is 0. The summed E-state index contributed by atoms with van der Waals surface area (Å²) < 4.78 is 8.54. The maximum absolute atomic E-state index is 12.2. The zero-order chi connectivity index (χ0) is 14.8. The minimum absolute atomic E-state index is 0.0145. The van der Waals surface area contributed by atoms with Gasteiger partial charge in [-0.2, -0.15) is 0 Å². The van der Waals surface area contributed by atoms with E-state index in [1.54, 1.807) is 10.7 Å². The molecule has 5 heteroatoms. The number of ether oxygens (including phenoxy) is 1. The van der Waals surface area contributed by atoms with E-state index in [1.165, 1.54) is 7.11 Å². The lowest BCUT2D eigenvalue weighted by molar-refractivity contribution is -0.145. The molecule has 0 fully saturated rings. The summed E-state index contributed by atoms with van der Waals surface area (Å²) in [6.45, 7) is 1.19. The molecule has 2 heterocycles. The molecular weight excluding hydrogens is 268 g/mol. The van der Waals surface area contributed by atoms with E-state index in [-0.39, 0.29) is 17.4 Å². The number of hydrogen-bond donors (Lipinski definition) is 0. The highest BCUT2D eigenvalue weighted by Gasteiger charge is 2.25. The normalized spacial score (nSPS) is 17.9. The Labute approximate surface area is 122 Å². The number of methoxy groups -OCH3 is 1. The van der Waals surface area contributed by atoms with Gasteiger partial charge in [-0.05, 0) is 18.4 Å². The molecule has 1 aromatic carbocycles. The van der Waals surface area contributed by atoms with Crippen molar-refractivity contribution in [1.82, 2.24) is 9.36 Å². The van der Waals surface area contributed by atoms with Gasteiger partial charge in [0.05, 0.1) is 18.7 Å². The Morgan fingerprint density at radius 3 is 2.48 bits per heavy atom. The molecule has 2 aromatic rings. The van der Waals surface area contributed by atoms with Gasteiger partial charge in [-0.25, -0.2) is 0 Å². The Morgan fingerprint density at radius 1 is 1.14 bits per heavy atom. The van der Waals surface area contributed by atoms with Gasteiger partial charge in [0, 0.05) is 19.2 Å². The monoisotopic (exact) mass is 286 g/mol. The quantitative estimate of drug-likeness (QED) is 0.792. The van der Waals surface area contributed by atoms with E-state index < -0.39 is 0 Å². The van der Waals surface area contributed by atoms with Gasteiger partial charge in [0.15, 0.2) is 0 Å². The zero-order valence-electron chi connectivity index (χ0n) is 12.0. The van der Waals surface area contributed by atoms with Crippen LogP contribution in [0.15, 0.2) is 41.2 Å². The van der Waals surface area contributed by atoms with E-state index in [0.29, 0.717) is 25.9 Å². The van der Waals surface area contributed by atoms with Crippen molar-refractivity contribution in [3.05, 3.63) is 46.8 Å². The van der Waals surface area contributed by atoms with Crippen LogP contribution in [0.1, 0.15) is 12.8 Å². The second-order valence-corrected chi connectivity index (χ2v) is 5.28. The van der Waals surface area contributed by atoms with E-state index >= 15 is 0 Å². The van der Waals surface area contributed by atoms with Crippen LogP contribution in [0.3, 0.4) is 0 Å². The van der Waals surface area contributed by atoms with Crippen LogP contribution in [0.25, 0.3) is 11.3 Å². The van der Waals surface area contributed by atoms with Gasteiger partial charge in [-0.15, -0.1) is 0 Å². The molecule has 1 aliphatic heterocycles. The Morgan fingerprint density at radius 2 is 1.81 bits per heavy atom. The van der Waals surface area contributed by atoms with Gasteiger partial charge in [-0.1, -0.05) is 30.3 Å².